The summed E-state index contributed by atoms with van der Waals surface area (Å²) in [5.41, 5.74) is 2.06. The van der Waals surface area contributed by atoms with Crippen molar-refractivity contribution in [3.05, 3.63) is 45.1 Å². The molecule has 0 atom stereocenters. The lowest BCUT2D eigenvalue weighted by Gasteiger charge is -2.08. The highest BCUT2D eigenvalue weighted by atomic mass is 35.5. The van der Waals surface area contributed by atoms with Crippen LogP contribution < -0.4 is 10.6 Å². The smallest absolute Gasteiger partial charge is 0.221 e. The molecule has 0 unspecified atom stereocenters. The predicted molar refractivity (Wildman–Crippen MR) is 82.1 cm³/mol. The third-order valence-electron chi connectivity index (χ3n) is 2.60. The zero-order valence-corrected chi connectivity index (χ0v) is 12.3. The van der Waals surface area contributed by atoms with E-state index >= 15 is 0 Å². The van der Waals surface area contributed by atoms with Crippen molar-refractivity contribution in [1.29, 1.82) is 5.26 Å². The minimum absolute atomic E-state index is 0.0945. The summed E-state index contributed by atoms with van der Waals surface area (Å²) in [6.07, 6.45) is 0. The Bertz CT molecular complexity index is 675. The highest BCUT2D eigenvalue weighted by molar-refractivity contribution is 7.10. The molecule has 1 aromatic carbocycles. The average molecular weight is 306 g/mol. The van der Waals surface area contributed by atoms with E-state index in [1.165, 1.54) is 6.92 Å². The molecule has 0 aliphatic heterocycles. The largest absolute Gasteiger partial charge is 0.380 e. The van der Waals surface area contributed by atoms with Crippen LogP contribution in [0.4, 0.5) is 11.4 Å². The zero-order chi connectivity index (χ0) is 14.5. The Morgan fingerprint density at radius 3 is 2.95 bits per heavy atom. The number of carbonyl (C=O) groups is 1. The Kier molecular flexibility index (Phi) is 4.61. The number of nitrogens with zero attached hydrogens (tertiary/aromatic N) is 1. The molecule has 0 fully saturated rings. The van der Waals surface area contributed by atoms with Crippen LogP contribution in [0.15, 0.2) is 29.6 Å². The molecule has 0 spiro atoms. The summed E-state index contributed by atoms with van der Waals surface area (Å²) in [5.74, 6) is -0.0945. The van der Waals surface area contributed by atoms with Gasteiger partial charge in [-0.3, -0.25) is 4.79 Å². The molecule has 1 amide bonds. The summed E-state index contributed by atoms with van der Waals surface area (Å²) < 4.78 is 0. The second-order valence-electron chi connectivity index (χ2n) is 4.10. The van der Waals surface area contributed by atoms with Crippen molar-refractivity contribution in [2.45, 2.75) is 13.5 Å². The number of nitriles is 1. The minimum atomic E-state index is -0.0945. The number of amides is 1. The van der Waals surface area contributed by atoms with E-state index in [2.05, 4.69) is 10.6 Å². The van der Waals surface area contributed by atoms with E-state index in [1.54, 1.807) is 23.5 Å². The Hall–Kier alpha value is -2.03. The average Bonchev–Trinajstić information content (AvgIpc) is 2.84. The number of halogens is 1. The molecule has 2 rings (SSSR count). The maximum absolute atomic E-state index is 11.1. The zero-order valence-electron chi connectivity index (χ0n) is 10.7. The van der Waals surface area contributed by atoms with Crippen LogP contribution in [0.25, 0.3) is 0 Å². The van der Waals surface area contributed by atoms with Crippen molar-refractivity contribution in [2.24, 2.45) is 0 Å². The van der Waals surface area contributed by atoms with Gasteiger partial charge in [-0.25, -0.2) is 0 Å². The Labute approximate surface area is 126 Å². The first kappa shape index (κ1) is 14.4. The van der Waals surface area contributed by atoms with Gasteiger partial charge in [0.15, 0.2) is 0 Å². The first-order valence-electron chi connectivity index (χ1n) is 5.87. The first-order chi connectivity index (χ1) is 9.60. The van der Waals surface area contributed by atoms with Crippen molar-refractivity contribution in [3.63, 3.8) is 0 Å². The van der Waals surface area contributed by atoms with Gasteiger partial charge >= 0.3 is 0 Å². The van der Waals surface area contributed by atoms with Gasteiger partial charge in [0.2, 0.25) is 5.91 Å². The summed E-state index contributed by atoms with van der Waals surface area (Å²) in [5, 5.41) is 17.3. The molecule has 4 nitrogen and oxygen atoms in total. The Morgan fingerprint density at radius 2 is 2.25 bits per heavy atom. The lowest BCUT2D eigenvalue weighted by molar-refractivity contribution is -0.114. The summed E-state index contributed by atoms with van der Waals surface area (Å²) in [4.78, 5) is 12.1. The normalized spacial score (nSPS) is 9.85. The number of hydrogen-bond acceptors (Lipinski definition) is 4. The van der Waals surface area contributed by atoms with Crippen LogP contribution in [-0.4, -0.2) is 5.91 Å². The van der Waals surface area contributed by atoms with Gasteiger partial charge in [-0.1, -0.05) is 11.6 Å². The van der Waals surface area contributed by atoms with E-state index in [4.69, 9.17) is 16.9 Å². The van der Waals surface area contributed by atoms with Crippen LogP contribution in [0, 0.1) is 11.3 Å². The third kappa shape index (κ3) is 3.50. The van der Waals surface area contributed by atoms with Gasteiger partial charge in [-0.15, -0.1) is 11.3 Å². The quantitative estimate of drug-likeness (QED) is 0.902. The summed E-state index contributed by atoms with van der Waals surface area (Å²) in [6.45, 7) is 2.05. The van der Waals surface area contributed by atoms with E-state index in [0.717, 1.165) is 16.3 Å². The number of nitrogens with one attached hydrogen (secondary N) is 2. The fraction of sp³-hybridized carbons (Fsp3) is 0.143. The van der Waals surface area contributed by atoms with Crippen molar-refractivity contribution in [2.75, 3.05) is 10.6 Å². The van der Waals surface area contributed by atoms with Gasteiger partial charge in [0.25, 0.3) is 0 Å². The molecular weight excluding hydrogens is 294 g/mol. The standard InChI is InChI=1S/C14H12ClN3OS/c1-9(19)18-13-4-5-20-14(13)8-17-11-2-3-12(15)10(6-11)7-16/h2-6,17H,8H2,1H3,(H,18,19). The monoisotopic (exact) mass is 305 g/mol. The van der Waals surface area contributed by atoms with Gasteiger partial charge in [0, 0.05) is 17.5 Å². The van der Waals surface area contributed by atoms with Gasteiger partial charge < -0.3 is 10.6 Å². The first-order valence-corrected chi connectivity index (χ1v) is 7.13. The number of anilines is 2. The molecule has 102 valence electrons. The highest BCUT2D eigenvalue weighted by Gasteiger charge is 2.06. The minimum Gasteiger partial charge on any atom is -0.380 e. The molecule has 1 aromatic heterocycles. The maximum atomic E-state index is 11.1. The van der Waals surface area contributed by atoms with Gasteiger partial charge in [0.05, 0.1) is 22.8 Å². The summed E-state index contributed by atoms with van der Waals surface area (Å²) in [6, 6.07) is 9.11. The molecule has 2 N–H and O–H groups in total. The molecule has 0 radical (unpaired) electrons. The lowest BCUT2D eigenvalue weighted by atomic mass is 10.2. The third-order valence-corrected chi connectivity index (χ3v) is 3.85. The van der Waals surface area contributed by atoms with Crippen molar-refractivity contribution < 1.29 is 4.79 Å². The van der Waals surface area contributed by atoms with Crippen LogP contribution >= 0.6 is 22.9 Å². The molecule has 1 heterocycles. The van der Waals surface area contributed by atoms with E-state index in [1.807, 2.05) is 23.6 Å². The maximum Gasteiger partial charge on any atom is 0.221 e. The topological polar surface area (TPSA) is 64.9 Å². The van der Waals surface area contributed by atoms with E-state index in [9.17, 15) is 4.79 Å². The van der Waals surface area contributed by atoms with Gasteiger partial charge in [0.1, 0.15) is 6.07 Å². The molecular formula is C14H12ClN3OS. The second kappa shape index (κ2) is 6.42. The molecule has 0 bridgehead atoms. The molecule has 20 heavy (non-hydrogen) atoms. The van der Waals surface area contributed by atoms with E-state index in [-0.39, 0.29) is 5.91 Å². The van der Waals surface area contributed by atoms with Crippen LogP contribution in [0.2, 0.25) is 5.02 Å². The molecule has 6 heteroatoms. The summed E-state index contributed by atoms with van der Waals surface area (Å²) in [7, 11) is 0. The lowest BCUT2D eigenvalue weighted by Crippen LogP contribution is -2.08. The molecule has 0 aliphatic rings. The number of rotatable bonds is 4. The van der Waals surface area contributed by atoms with Crippen LogP contribution in [0.1, 0.15) is 17.4 Å². The predicted octanol–water partition coefficient (Wildman–Crippen LogP) is 3.84. The SMILES string of the molecule is CC(=O)Nc1ccsc1CNc1ccc(Cl)c(C#N)c1. The summed E-state index contributed by atoms with van der Waals surface area (Å²) >= 11 is 7.44. The number of benzene rings is 1. The van der Waals surface area contributed by atoms with E-state index < -0.39 is 0 Å². The van der Waals surface area contributed by atoms with Crippen LogP contribution in [0.3, 0.4) is 0 Å². The second-order valence-corrected chi connectivity index (χ2v) is 5.51. The Morgan fingerprint density at radius 1 is 1.45 bits per heavy atom. The van der Waals surface area contributed by atoms with Gasteiger partial charge in [-0.05, 0) is 29.6 Å². The van der Waals surface area contributed by atoms with Gasteiger partial charge in [-0.2, -0.15) is 5.26 Å². The highest BCUT2D eigenvalue weighted by Crippen LogP contribution is 2.25. The number of carbonyl (C=O) groups excluding carboxylic acids is 1. The molecule has 0 saturated carbocycles. The number of hydrogen-bond donors (Lipinski definition) is 2. The Balaban J connectivity index is 2.08. The fourth-order valence-electron chi connectivity index (χ4n) is 1.68. The van der Waals surface area contributed by atoms with Crippen LogP contribution in [-0.2, 0) is 11.3 Å². The van der Waals surface area contributed by atoms with Crippen LogP contribution in [0.5, 0.6) is 0 Å². The van der Waals surface area contributed by atoms with Crippen molar-refractivity contribution in [1.82, 2.24) is 0 Å². The fourth-order valence-corrected chi connectivity index (χ4v) is 2.61. The van der Waals surface area contributed by atoms with E-state index in [0.29, 0.717) is 17.1 Å². The molecule has 0 aliphatic carbocycles. The number of thiophene rings is 1. The molecule has 0 saturated heterocycles. The molecule has 2 aromatic rings. The van der Waals surface area contributed by atoms with Crippen molar-refractivity contribution >= 4 is 40.2 Å². The van der Waals surface area contributed by atoms with Crippen molar-refractivity contribution in [3.8, 4) is 6.07 Å².